The number of aliphatic hydroxyl groups is 1. The van der Waals surface area contributed by atoms with Crippen LogP contribution in [0.15, 0.2) is 15.8 Å². The lowest BCUT2D eigenvalue weighted by Crippen LogP contribution is -2.34. The lowest BCUT2D eigenvalue weighted by molar-refractivity contribution is -0.0246. The van der Waals surface area contributed by atoms with E-state index in [0.717, 1.165) is 0 Å². The van der Waals surface area contributed by atoms with Gasteiger partial charge in [0.1, 0.15) is 6.23 Å². The molecule has 0 radical (unpaired) electrons. The lowest BCUT2D eigenvalue weighted by atomic mass is 10.2. The summed E-state index contributed by atoms with van der Waals surface area (Å²) in [6, 6.07) is 0. The molecule has 2 heterocycles. The van der Waals surface area contributed by atoms with E-state index in [1.807, 2.05) is 4.98 Å². The SMILES string of the molecule is O=Cc1cn([C@H]2CCC(CO)O2)c(=O)[nH]c1=O. The van der Waals surface area contributed by atoms with Gasteiger partial charge in [0.05, 0.1) is 18.3 Å². The minimum Gasteiger partial charge on any atom is -0.394 e. The molecule has 92 valence electrons. The van der Waals surface area contributed by atoms with E-state index in [9.17, 15) is 14.4 Å². The second-order valence-corrected chi connectivity index (χ2v) is 3.84. The van der Waals surface area contributed by atoms with Crippen molar-refractivity contribution in [1.29, 1.82) is 0 Å². The smallest absolute Gasteiger partial charge is 0.330 e. The number of aldehydes is 1. The van der Waals surface area contributed by atoms with Crippen LogP contribution >= 0.6 is 0 Å². The molecule has 0 bridgehead atoms. The summed E-state index contributed by atoms with van der Waals surface area (Å²) in [5, 5.41) is 8.92. The van der Waals surface area contributed by atoms with Crippen molar-refractivity contribution in [3.63, 3.8) is 0 Å². The van der Waals surface area contributed by atoms with E-state index in [1.165, 1.54) is 10.8 Å². The van der Waals surface area contributed by atoms with Gasteiger partial charge in [-0.1, -0.05) is 0 Å². The van der Waals surface area contributed by atoms with E-state index < -0.39 is 17.5 Å². The topological polar surface area (TPSA) is 101 Å². The Bertz CT molecular complexity index is 532. The van der Waals surface area contributed by atoms with Crippen LogP contribution in [0.4, 0.5) is 0 Å². The first-order valence-electron chi connectivity index (χ1n) is 5.22. The molecule has 1 aliphatic rings. The number of nitrogens with one attached hydrogen (secondary N) is 1. The maximum atomic E-state index is 11.5. The van der Waals surface area contributed by atoms with Crippen molar-refractivity contribution in [3.8, 4) is 0 Å². The number of carbonyl (C=O) groups is 1. The number of aromatic amines is 1. The van der Waals surface area contributed by atoms with Gasteiger partial charge in [0.25, 0.3) is 5.56 Å². The van der Waals surface area contributed by atoms with Crippen LogP contribution in [-0.4, -0.2) is 33.7 Å². The average molecular weight is 240 g/mol. The summed E-state index contributed by atoms with van der Waals surface area (Å²) in [6.45, 7) is -0.116. The first-order valence-corrected chi connectivity index (χ1v) is 5.22. The number of H-pyrrole nitrogens is 1. The molecule has 0 saturated carbocycles. The van der Waals surface area contributed by atoms with Crippen molar-refractivity contribution in [3.05, 3.63) is 32.6 Å². The number of ether oxygens (including phenoxy) is 1. The van der Waals surface area contributed by atoms with E-state index in [1.54, 1.807) is 0 Å². The molecule has 1 fully saturated rings. The number of nitrogens with zero attached hydrogens (tertiary/aromatic N) is 1. The molecule has 1 aromatic rings. The Balaban J connectivity index is 2.36. The van der Waals surface area contributed by atoms with Gasteiger partial charge in [0.15, 0.2) is 6.29 Å². The summed E-state index contributed by atoms with van der Waals surface area (Å²) in [5.41, 5.74) is -1.46. The number of rotatable bonds is 3. The van der Waals surface area contributed by atoms with Crippen LogP contribution in [0.25, 0.3) is 0 Å². The number of aromatic nitrogens is 2. The third kappa shape index (κ3) is 2.20. The molecule has 17 heavy (non-hydrogen) atoms. The zero-order valence-electron chi connectivity index (χ0n) is 8.96. The van der Waals surface area contributed by atoms with Crippen LogP contribution in [0.5, 0.6) is 0 Å². The van der Waals surface area contributed by atoms with Crippen molar-refractivity contribution in [2.45, 2.75) is 25.2 Å². The fourth-order valence-electron chi connectivity index (χ4n) is 1.82. The molecular weight excluding hydrogens is 228 g/mol. The highest BCUT2D eigenvalue weighted by molar-refractivity contribution is 5.73. The quantitative estimate of drug-likeness (QED) is 0.661. The third-order valence-corrected chi connectivity index (χ3v) is 2.72. The Morgan fingerprint density at radius 3 is 2.88 bits per heavy atom. The van der Waals surface area contributed by atoms with Crippen LogP contribution in [0.2, 0.25) is 0 Å². The van der Waals surface area contributed by atoms with Gasteiger partial charge in [-0.05, 0) is 12.8 Å². The molecule has 0 aromatic carbocycles. The molecule has 2 N–H and O–H groups in total. The Kier molecular flexibility index (Phi) is 3.21. The summed E-state index contributed by atoms with van der Waals surface area (Å²) >= 11 is 0. The maximum absolute atomic E-state index is 11.5. The Hall–Kier alpha value is -1.73. The third-order valence-electron chi connectivity index (χ3n) is 2.72. The van der Waals surface area contributed by atoms with Gasteiger partial charge in [-0.25, -0.2) is 4.79 Å². The lowest BCUT2D eigenvalue weighted by Gasteiger charge is -2.14. The van der Waals surface area contributed by atoms with Crippen molar-refractivity contribution in [2.75, 3.05) is 6.61 Å². The van der Waals surface area contributed by atoms with Crippen molar-refractivity contribution >= 4 is 6.29 Å². The zero-order valence-corrected chi connectivity index (χ0v) is 8.96. The summed E-state index contributed by atoms with van der Waals surface area (Å²) < 4.78 is 6.56. The second kappa shape index (κ2) is 4.64. The Morgan fingerprint density at radius 2 is 2.29 bits per heavy atom. The number of carbonyl (C=O) groups excluding carboxylic acids is 1. The largest absolute Gasteiger partial charge is 0.394 e. The van der Waals surface area contributed by atoms with Crippen LogP contribution in [-0.2, 0) is 4.74 Å². The molecule has 0 aliphatic carbocycles. The summed E-state index contributed by atoms with van der Waals surface area (Å²) in [7, 11) is 0. The molecule has 2 atom stereocenters. The minimum absolute atomic E-state index is 0.116. The zero-order chi connectivity index (χ0) is 12.4. The molecular formula is C10H12N2O5. The van der Waals surface area contributed by atoms with E-state index >= 15 is 0 Å². The highest BCUT2D eigenvalue weighted by Gasteiger charge is 2.27. The summed E-state index contributed by atoms with van der Waals surface area (Å²) in [6.07, 6.45) is 1.89. The van der Waals surface area contributed by atoms with Gasteiger partial charge >= 0.3 is 5.69 Å². The van der Waals surface area contributed by atoms with Crippen molar-refractivity contribution < 1.29 is 14.6 Å². The van der Waals surface area contributed by atoms with Crippen molar-refractivity contribution in [1.82, 2.24) is 9.55 Å². The van der Waals surface area contributed by atoms with E-state index in [0.29, 0.717) is 19.1 Å². The van der Waals surface area contributed by atoms with Gasteiger partial charge in [0.2, 0.25) is 0 Å². The van der Waals surface area contributed by atoms with Crippen LogP contribution in [0.1, 0.15) is 29.4 Å². The minimum atomic E-state index is -0.710. The molecule has 1 aliphatic heterocycles. The number of aliphatic hydroxyl groups excluding tert-OH is 1. The highest BCUT2D eigenvalue weighted by atomic mass is 16.5. The average Bonchev–Trinajstić information content (AvgIpc) is 2.78. The molecule has 1 saturated heterocycles. The van der Waals surface area contributed by atoms with Crippen molar-refractivity contribution in [2.24, 2.45) is 0 Å². The van der Waals surface area contributed by atoms with E-state index in [2.05, 4.69) is 0 Å². The molecule has 2 rings (SSSR count). The molecule has 0 spiro atoms. The van der Waals surface area contributed by atoms with Gasteiger partial charge in [-0.3, -0.25) is 19.1 Å². The van der Waals surface area contributed by atoms with Crippen LogP contribution in [0, 0.1) is 0 Å². The fraction of sp³-hybridized carbons (Fsp3) is 0.500. The Labute approximate surface area is 95.7 Å². The molecule has 0 amide bonds. The number of hydrogen-bond acceptors (Lipinski definition) is 5. The maximum Gasteiger partial charge on any atom is 0.330 e. The molecule has 1 unspecified atom stereocenters. The van der Waals surface area contributed by atoms with Gasteiger partial charge < -0.3 is 9.84 Å². The first-order chi connectivity index (χ1) is 8.15. The van der Waals surface area contributed by atoms with Gasteiger partial charge in [-0.2, -0.15) is 0 Å². The number of hydrogen-bond donors (Lipinski definition) is 2. The molecule has 7 heteroatoms. The van der Waals surface area contributed by atoms with Gasteiger partial charge in [0, 0.05) is 6.20 Å². The Morgan fingerprint density at radius 1 is 1.53 bits per heavy atom. The summed E-state index contributed by atoms with van der Waals surface area (Å²) in [4.78, 5) is 35.4. The predicted molar refractivity (Wildman–Crippen MR) is 56.9 cm³/mol. The van der Waals surface area contributed by atoms with Crippen LogP contribution < -0.4 is 11.2 Å². The normalized spacial score (nSPS) is 23.8. The van der Waals surface area contributed by atoms with E-state index in [-0.39, 0.29) is 18.3 Å². The van der Waals surface area contributed by atoms with Crippen LogP contribution in [0.3, 0.4) is 0 Å². The predicted octanol–water partition coefficient (Wildman–Crippen LogP) is -0.981. The molecule has 1 aromatic heterocycles. The first kappa shape index (κ1) is 11.7. The fourth-order valence-corrected chi connectivity index (χ4v) is 1.82. The van der Waals surface area contributed by atoms with Gasteiger partial charge in [-0.15, -0.1) is 0 Å². The highest BCUT2D eigenvalue weighted by Crippen LogP contribution is 2.26. The standard InChI is InChI=1S/C10H12N2O5/c13-4-6-3-12(10(16)11-9(6)15)8-2-1-7(5-14)17-8/h3-4,7-8,14H,1-2,5H2,(H,11,15,16)/t7?,8-/m1/s1. The molecule has 7 nitrogen and oxygen atoms in total. The monoisotopic (exact) mass is 240 g/mol. The van der Waals surface area contributed by atoms with E-state index in [4.69, 9.17) is 9.84 Å². The second-order valence-electron chi connectivity index (χ2n) is 3.84. The summed E-state index contributed by atoms with van der Waals surface area (Å²) in [5.74, 6) is 0.